The van der Waals surface area contributed by atoms with Crippen molar-refractivity contribution in [2.75, 3.05) is 39.8 Å². The van der Waals surface area contributed by atoms with Crippen LogP contribution >= 0.6 is 0 Å². The first-order valence-corrected chi connectivity index (χ1v) is 12.4. The molecule has 190 valence electrons. The fraction of sp³-hybridized carbons (Fsp3) is 0.481. The summed E-state index contributed by atoms with van der Waals surface area (Å²) in [6.45, 7) is 4.92. The Morgan fingerprint density at radius 3 is 2.17 bits per heavy atom. The molecule has 3 N–H and O–H groups in total. The van der Waals surface area contributed by atoms with Crippen molar-refractivity contribution in [2.24, 2.45) is 0 Å². The summed E-state index contributed by atoms with van der Waals surface area (Å²) in [7, 11) is 2.04. The molecule has 0 bridgehead atoms. The third-order valence-electron chi connectivity index (χ3n) is 8.24. The van der Waals surface area contributed by atoms with Crippen LogP contribution in [-0.2, 0) is 15.9 Å². The monoisotopic (exact) mass is 494 g/mol. The van der Waals surface area contributed by atoms with Gasteiger partial charge in [0.1, 0.15) is 17.6 Å². The molecule has 4 unspecified atom stereocenters. The predicted molar refractivity (Wildman–Crippen MR) is 128 cm³/mol. The molecule has 0 amide bonds. The quantitative estimate of drug-likeness (QED) is 0.456. The minimum Gasteiger partial charge on any atom is -0.507 e. The van der Waals surface area contributed by atoms with E-state index in [4.69, 9.17) is 9.47 Å². The minimum atomic E-state index is -1.40. The van der Waals surface area contributed by atoms with Crippen LogP contribution in [0.4, 0.5) is 0 Å². The van der Waals surface area contributed by atoms with Crippen LogP contribution in [0.1, 0.15) is 62.4 Å². The molecule has 2 aromatic rings. The normalized spacial score (nSPS) is 30.7. The van der Waals surface area contributed by atoms with Crippen molar-refractivity contribution in [3.63, 3.8) is 0 Å². The third kappa shape index (κ3) is 3.42. The van der Waals surface area contributed by atoms with Crippen molar-refractivity contribution < 1.29 is 34.4 Å². The van der Waals surface area contributed by atoms with Crippen molar-refractivity contribution in [3.05, 3.63) is 57.6 Å². The largest absolute Gasteiger partial charge is 0.507 e. The smallest absolute Gasteiger partial charge is 0.198 e. The molecule has 9 nitrogen and oxygen atoms in total. The number of ketones is 2. The van der Waals surface area contributed by atoms with Gasteiger partial charge >= 0.3 is 0 Å². The number of piperazine rings is 1. The standard InChI is InChI=1S/C27H30N2O7/c1-14-35-13-19(36-14)27(34)11-17-20(18(12-27)29-9-7-28(2)8-10-29)26(33)22-21(25(17)32)23(30)15-5-3-4-6-16(15)24(22)31/h3-6,14,18-19,32-34H,7-13H2,1-2H3. The fourth-order valence-corrected chi connectivity index (χ4v) is 6.24. The molecule has 0 spiro atoms. The molecule has 9 heteroatoms. The lowest BCUT2D eigenvalue weighted by Gasteiger charge is -2.47. The molecule has 4 atom stereocenters. The van der Waals surface area contributed by atoms with E-state index in [-0.39, 0.29) is 58.8 Å². The van der Waals surface area contributed by atoms with Crippen molar-refractivity contribution in [3.8, 4) is 11.5 Å². The van der Waals surface area contributed by atoms with Gasteiger partial charge in [-0.2, -0.15) is 0 Å². The van der Waals surface area contributed by atoms with Crippen LogP contribution in [0, 0.1) is 0 Å². The first kappa shape index (κ1) is 23.6. The van der Waals surface area contributed by atoms with Crippen molar-refractivity contribution in [1.82, 2.24) is 9.80 Å². The summed E-state index contributed by atoms with van der Waals surface area (Å²) in [6.07, 6.45) is -0.909. The zero-order valence-corrected chi connectivity index (χ0v) is 20.4. The molecule has 0 saturated carbocycles. The number of aromatic hydroxyl groups is 2. The molecule has 0 radical (unpaired) electrons. The summed E-state index contributed by atoms with van der Waals surface area (Å²) in [5, 5.41) is 35.0. The van der Waals surface area contributed by atoms with Crippen LogP contribution in [0.25, 0.3) is 0 Å². The summed E-state index contributed by atoms with van der Waals surface area (Å²) in [5.41, 5.74) is -0.669. The lowest BCUT2D eigenvalue weighted by atomic mass is 9.70. The van der Waals surface area contributed by atoms with Gasteiger partial charge in [0.05, 0.1) is 23.3 Å². The number of carbonyl (C=O) groups excluding carboxylic acids is 2. The van der Waals surface area contributed by atoms with E-state index < -0.39 is 35.6 Å². The summed E-state index contributed by atoms with van der Waals surface area (Å²) >= 11 is 0. The van der Waals surface area contributed by atoms with E-state index in [2.05, 4.69) is 9.80 Å². The molecule has 2 aliphatic carbocycles. The van der Waals surface area contributed by atoms with Gasteiger partial charge in [0.2, 0.25) is 0 Å². The molecule has 2 heterocycles. The van der Waals surface area contributed by atoms with Gasteiger partial charge in [-0.3, -0.25) is 14.5 Å². The second kappa shape index (κ2) is 8.36. The van der Waals surface area contributed by atoms with E-state index in [1.165, 1.54) is 0 Å². The molecular weight excluding hydrogens is 464 g/mol. The Kier molecular flexibility index (Phi) is 5.47. The van der Waals surface area contributed by atoms with Crippen molar-refractivity contribution in [2.45, 2.75) is 43.8 Å². The van der Waals surface area contributed by atoms with E-state index >= 15 is 0 Å². The van der Waals surface area contributed by atoms with Crippen LogP contribution in [0.15, 0.2) is 24.3 Å². The first-order valence-electron chi connectivity index (χ1n) is 12.4. The van der Waals surface area contributed by atoms with Crippen LogP contribution in [-0.4, -0.2) is 94.5 Å². The van der Waals surface area contributed by atoms with E-state index in [0.717, 1.165) is 13.1 Å². The number of rotatable bonds is 2. The zero-order valence-electron chi connectivity index (χ0n) is 20.4. The molecule has 4 aliphatic rings. The number of hydrogen-bond donors (Lipinski definition) is 3. The number of aliphatic hydroxyl groups is 1. The van der Waals surface area contributed by atoms with Crippen LogP contribution < -0.4 is 0 Å². The topological polar surface area (TPSA) is 120 Å². The highest BCUT2D eigenvalue weighted by atomic mass is 16.7. The number of carbonyl (C=O) groups is 2. The Hall–Kier alpha value is -2.82. The number of fused-ring (bicyclic) bond motifs is 3. The number of hydrogen-bond acceptors (Lipinski definition) is 9. The summed E-state index contributed by atoms with van der Waals surface area (Å²) in [5.74, 6) is -1.64. The maximum absolute atomic E-state index is 13.5. The van der Waals surface area contributed by atoms with E-state index in [9.17, 15) is 24.9 Å². The Balaban J connectivity index is 1.54. The average Bonchev–Trinajstić information content (AvgIpc) is 3.32. The van der Waals surface area contributed by atoms with Gasteiger partial charge in [-0.25, -0.2) is 0 Å². The minimum absolute atomic E-state index is 0.0386. The maximum Gasteiger partial charge on any atom is 0.198 e. The lowest BCUT2D eigenvalue weighted by molar-refractivity contribution is -0.127. The second-order valence-corrected chi connectivity index (χ2v) is 10.4. The van der Waals surface area contributed by atoms with E-state index in [0.29, 0.717) is 18.7 Å². The maximum atomic E-state index is 13.5. The van der Waals surface area contributed by atoms with Gasteiger partial charge < -0.3 is 29.7 Å². The first-order chi connectivity index (χ1) is 17.2. The van der Waals surface area contributed by atoms with Crippen molar-refractivity contribution in [1.29, 1.82) is 0 Å². The average molecular weight is 495 g/mol. The Labute approximate surface area is 208 Å². The molecule has 2 aromatic carbocycles. The van der Waals surface area contributed by atoms with Gasteiger partial charge in [-0.05, 0) is 20.4 Å². The Bertz CT molecular complexity index is 1270. The summed E-state index contributed by atoms with van der Waals surface area (Å²) in [6, 6.07) is 5.95. The Morgan fingerprint density at radius 1 is 0.972 bits per heavy atom. The molecule has 2 saturated heterocycles. The predicted octanol–water partition coefficient (Wildman–Crippen LogP) is 1.60. The van der Waals surface area contributed by atoms with E-state index in [1.54, 1.807) is 31.2 Å². The van der Waals surface area contributed by atoms with Crippen LogP contribution in [0.2, 0.25) is 0 Å². The van der Waals surface area contributed by atoms with Gasteiger partial charge in [-0.1, -0.05) is 24.3 Å². The number of phenolic OH excluding ortho intramolecular Hbond substituents is 2. The molecule has 6 rings (SSSR count). The number of ether oxygens (including phenoxy) is 2. The highest BCUT2D eigenvalue weighted by Crippen LogP contribution is 2.53. The van der Waals surface area contributed by atoms with Crippen LogP contribution in [0.3, 0.4) is 0 Å². The lowest BCUT2D eigenvalue weighted by Crippen LogP contribution is -2.54. The number of nitrogens with zero attached hydrogens (tertiary/aromatic N) is 2. The fourth-order valence-electron chi connectivity index (χ4n) is 6.24. The summed E-state index contributed by atoms with van der Waals surface area (Å²) < 4.78 is 11.4. The zero-order chi connectivity index (χ0) is 25.4. The molecule has 36 heavy (non-hydrogen) atoms. The van der Waals surface area contributed by atoms with Gasteiger partial charge in [0.15, 0.2) is 17.9 Å². The molecular formula is C27H30N2O7. The number of benzene rings is 2. The van der Waals surface area contributed by atoms with Crippen LogP contribution in [0.5, 0.6) is 11.5 Å². The number of phenols is 2. The molecule has 2 fully saturated rings. The SMILES string of the molecule is CC1OCC(C2(O)Cc3c(O)c4c(c(O)c3C(N3CCN(C)CC3)C2)C(=O)c2ccccc2C4=O)O1. The number of likely N-dealkylation sites (N-methyl/N-ethyl adjacent to an activating group) is 1. The van der Waals surface area contributed by atoms with E-state index in [1.807, 2.05) is 7.05 Å². The third-order valence-corrected chi connectivity index (χ3v) is 8.24. The van der Waals surface area contributed by atoms with Gasteiger partial charge in [0, 0.05) is 60.9 Å². The van der Waals surface area contributed by atoms with Gasteiger partial charge in [-0.15, -0.1) is 0 Å². The summed E-state index contributed by atoms with van der Waals surface area (Å²) in [4.78, 5) is 31.3. The second-order valence-electron chi connectivity index (χ2n) is 10.4. The van der Waals surface area contributed by atoms with Crippen molar-refractivity contribution >= 4 is 11.6 Å². The highest BCUT2D eigenvalue weighted by Gasteiger charge is 2.52. The highest BCUT2D eigenvalue weighted by molar-refractivity contribution is 6.30. The molecule has 2 aliphatic heterocycles. The Morgan fingerprint density at radius 2 is 1.58 bits per heavy atom. The molecule has 0 aromatic heterocycles. The van der Waals surface area contributed by atoms with Gasteiger partial charge in [0.25, 0.3) is 0 Å².